The quantitative estimate of drug-likeness (QED) is 0.817. The van der Waals surface area contributed by atoms with Crippen LogP contribution in [-0.4, -0.2) is 4.98 Å². The Labute approximate surface area is 112 Å². The Morgan fingerprint density at radius 2 is 1.89 bits per heavy atom. The van der Waals surface area contributed by atoms with Crippen molar-refractivity contribution >= 4 is 11.3 Å². The van der Waals surface area contributed by atoms with Gasteiger partial charge in [-0.3, -0.25) is 0 Å². The molecule has 0 radical (unpaired) electrons. The predicted molar refractivity (Wildman–Crippen MR) is 75.5 cm³/mol. The number of rotatable bonds is 3. The molecule has 0 fully saturated rings. The molecule has 0 aliphatic heterocycles. The van der Waals surface area contributed by atoms with Crippen LogP contribution in [0.15, 0.2) is 29.6 Å². The average molecular weight is 256 g/mol. The highest BCUT2D eigenvalue weighted by molar-refractivity contribution is 7.10. The first-order valence-electron chi connectivity index (χ1n) is 6.04. The standard InChI is InChI=1S/C15H16N2S/c1-10(2)13(8-16)15-17-14(9-18-15)12-6-4-11(3)5-7-12/h4-7,9-10,13H,1-3H3. The average Bonchev–Trinajstić information content (AvgIpc) is 2.80. The summed E-state index contributed by atoms with van der Waals surface area (Å²) >= 11 is 1.58. The molecule has 1 aromatic carbocycles. The van der Waals surface area contributed by atoms with E-state index in [9.17, 15) is 5.26 Å². The topological polar surface area (TPSA) is 36.7 Å². The van der Waals surface area contributed by atoms with Gasteiger partial charge in [-0.05, 0) is 12.8 Å². The molecule has 0 aliphatic rings. The van der Waals surface area contributed by atoms with E-state index in [4.69, 9.17) is 0 Å². The first kappa shape index (κ1) is 12.8. The maximum atomic E-state index is 9.18. The molecule has 0 bridgehead atoms. The van der Waals surface area contributed by atoms with Gasteiger partial charge in [0.25, 0.3) is 0 Å². The summed E-state index contributed by atoms with van der Waals surface area (Å²) in [6.45, 7) is 6.18. The zero-order valence-electron chi connectivity index (χ0n) is 10.8. The third kappa shape index (κ3) is 2.60. The molecular formula is C15H16N2S. The van der Waals surface area contributed by atoms with Gasteiger partial charge in [0, 0.05) is 10.9 Å². The number of hydrogen-bond acceptors (Lipinski definition) is 3. The predicted octanol–water partition coefficient (Wildman–Crippen LogP) is 4.38. The molecule has 1 heterocycles. The number of nitrogens with zero attached hydrogens (tertiary/aromatic N) is 2. The third-order valence-corrected chi connectivity index (χ3v) is 3.87. The van der Waals surface area contributed by atoms with E-state index in [1.165, 1.54) is 5.56 Å². The van der Waals surface area contributed by atoms with Crippen molar-refractivity contribution < 1.29 is 0 Å². The Balaban J connectivity index is 2.31. The van der Waals surface area contributed by atoms with Crippen LogP contribution in [0, 0.1) is 24.2 Å². The minimum Gasteiger partial charge on any atom is -0.240 e. The van der Waals surface area contributed by atoms with Crippen molar-refractivity contribution in [1.29, 1.82) is 5.26 Å². The number of aryl methyl sites for hydroxylation is 1. The zero-order valence-corrected chi connectivity index (χ0v) is 11.7. The van der Waals surface area contributed by atoms with Crippen molar-refractivity contribution in [3.63, 3.8) is 0 Å². The van der Waals surface area contributed by atoms with E-state index in [-0.39, 0.29) is 5.92 Å². The third-order valence-electron chi connectivity index (χ3n) is 2.94. The summed E-state index contributed by atoms with van der Waals surface area (Å²) in [6, 6.07) is 10.7. The Hall–Kier alpha value is -1.66. The monoisotopic (exact) mass is 256 g/mol. The summed E-state index contributed by atoms with van der Waals surface area (Å²) in [4.78, 5) is 4.60. The summed E-state index contributed by atoms with van der Waals surface area (Å²) in [6.07, 6.45) is 0. The lowest BCUT2D eigenvalue weighted by Crippen LogP contribution is -2.03. The summed E-state index contributed by atoms with van der Waals surface area (Å²) in [5.41, 5.74) is 3.32. The van der Waals surface area contributed by atoms with E-state index >= 15 is 0 Å². The molecule has 0 N–H and O–H groups in total. The Morgan fingerprint density at radius 1 is 1.22 bits per heavy atom. The Bertz CT molecular complexity index is 561. The largest absolute Gasteiger partial charge is 0.240 e. The first-order chi connectivity index (χ1) is 8.61. The lowest BCUT2D eigenvalue weighted by atomic mass is 9.98. The highest BCUT2D eigenvalue weighted by atomic mass is 32.1. The Kier molecular flexibility index (Phi) is 3.78. The van der Waals surface area contributed by atoms with Gasteiger partial charge in [0.1, 0.15) is 10.9 Å². The SMILES string of the molecule is Cc1ccc(-c2csc(C(C#N)C(C)C)n2)cc1. The van der Waals surface area contributed by atoms with Crippen molar-refractivity contribution in [3.8, 4) is 17.3 Å². The maximum Gasteiger partial charge on any atom is 0.111 e. The van der Waals surface area contributed by atoms with E-state index in [1.807, 2.05) is 5.38 Å². The van der Waals surface area contributed by atoms with E-state index in [2.05, 4.69) is 56.1 Å². The molecule has 0 saturated heterocycles. The molecular weight excluding hydrogens is 240 g/mol. The molecule has 2 aromatic rings. The van der Waals surface area contributed by atoms with Crippen LogP contribution in [0.1, 0.15) is 30.3 Å². The van der Waals surface area contributed by atoms with Gasteiger partial charge >= 0.3 is 0 Å². The minimum absolute atomic E-state index is 0.103. The smallest absolute Gasteiger partial charge is 0.111 e. The summed E-state index contributed by atoms with van der Waals surface area (Å²) in [5, 5.41) is 12.1. The molecule has 0 spiro atoms. The lowest BCUT2D eigenvalue weighted by Gasteiger charge is -2.08. The van der Waals surface area contributed by atoms with Crippen LogP contribution >= 0.6 is 11.3 Å². The molecule has 1 atom stereocenters. The van der Waals surface area contributed by atoms with Crippen LogP contribution in [0.3, 0.4) is 0 Å². The zero-order chi connectivity index (χ0) is 13.1. The fraction of sp³-hybridized carbons (Fsp3) is 0.333. The second-order valence-electron chi connectivity index (χ2n) is 4.79. The molecule has 18 heavy (non-hydrogen) atoms. The van der Waals surface area contributed by atoms with Crippen LogP contribution in [0.4, 0.5) is 0 Å². The van der Waals surface area contributed by atoms with Gasteiger partial charge in [-0.15, -0.1) is 11.3 Å². The number of hydrogen-bond donors (Lipinski definition) is 0. The van der Waals surface area contributed by atoms with Crippen molar-refractivity contribution in [3.05, 3.63) is 40.2 Å². The van der Waals surface area contributed by atoms with Gasteiger partial charge in [0.2, 0.25) is 0 Å². The maximum absolute atomic E-state index is 9.18. The van der Waals surface area contributed by atoms with Gasteiger partial charge in [0.05, 0.1) is 11.8 Å². The number of thiazole rings is 1. The van der Waals surface area contributed by atoms with E-state index in [0.29, 0.717) is 5.92 Å². The van der Waals surface area contributed by atoms with Gasteiger partial charge in [-0.25, -0.2) is 4.98 Å². The second-order valence-corrected chi connectivity index (χ2v) is 5.68. The summed E-state index contributed by atoms with van der Waals surface area (Å²) in [7, 11) is 0. The van der Waals surface area contributed by atoms with Gasteiger partial charge in [0.15, 0.2) is 0 Å². The lowest BCUT2D eigenvalue weighted by molar-refractivity contribution is 0.585. The molecule has 92 valence electrons. The molecule has 0 saturated carbocycles. The summed E-state index contributed by atoms with van der Waals surface area (Å²) in [5.74, 6) is 0.196. The number of aromatic nitrogens is 1. The molecule has 0 aliphatic carbocycles. The van der Waals surface area contributed by atoms with Crippen LogP contribution < -0.4 is 0 Å². The van der Waals surface area contributed by atoms with Gasteiger partial charge in [-0.1, -0.05) is 43.7 Å². The number of nitriles is 1. The number of benzene rings is 1. The van der Waals surface area contributed by atoms with Crippen molar-refractivity contribution in [2.24, 2.45) is 5.92 Å². The summed E-state index contributed by atoms with van der Waals surface area (Å²) < 4.78 is 0. The van der Waals surface area contributed by atoms with Crippen LogP contribution in [-0.2, 0) is 0 Å². The molecule has 3 heteroatoms. The van der Waals surface area contributed by atoms with Gasteiger partial charge in [-0.2, -0.15) is 5.26 Å². The van der Waals surface area contributed by atoms with Crippen molar-refractivity contribution in [2.75, 3.05) is 0 Å². The first-order valence-corrected chi connectivity index (χ1v) is 6.92. The molecule has 0 amide bonds. The second kappa shape index (κ2) is 5.32. The Morgan fingerprint density at radius 3 is 2.44 bits per heavy atom. The highest BCUT2D eigenvalue weighted by Gasteiger charge is 2.19. The van der Waals surface area contributed by atoms with Crippen molar-refractivity contribution in [2.45, 2.75) is 26.7 Å². The van der Waals surface area contributed by atoms with Crippen LogP contribution in [0.25, 0.3) is 11.3 Å². The van der Waals surface area contributed by atoms with Crippen LogP contribution in [0.5, 0.6) is 0 Å². The fourth-order valence-corrected chi connectivity index (χ4v) is 2.82. The molecule has 1 aromatic heterocycles. The van der Waals surface area contributed by atoms with Crippen molar-refractivity contribution in [1.82, 2.24) is 4.98 Å². The normalized spacial score (nSPS) is 12.4. The molecule has 2 rings (SSSR count). The van der Waals surface area contributed by atoms with E-state index in [1.54, 1.807) is 11.3 Å². The van der Waals surface area contributed by atoms with Gasteiger partial charge < -0.3 is 0 Å². The molecule has 1 unspecified atom stereocenters. The van der Waals surface area contributed by atoms with E-state index < -0.39 is 0 Å². The minimum atomic E-state index is -0.103. The molecule has 2 nitrogen and oxygen atoms in total. The fourth-order valence-electron chi connectivity index (χ4n) is 1.78. The highest BCUT2D eigenvalue weighted by Crippen LogP contribution is 2.30. The van der Waals surface area contributed by atoms with Crippen LogP contribution in [0.2, 0.25) is 0 Å². The van der Waals surface area contributed by atoms with E-state index in [0.717, 1.165) is 16.3 Å².